The van der Waals surface area contributed by atoms with Gasteiger partial charge in [0.15, 0.2) is 5.13 Å². The highest BCUT2D eigenvalue weighted by molar-refractivity contribution is 7.22. The van der Waals surface area contributed by atoms with E-state index in [2.05, 4.69) is 0 Å². The molecular formula is C23H25ClN2O3S. The lowest BCUT2D eigenvalue weighted by atomic mass is 10.1. The number of carbonyl (C=O) groups is 1. The minimum absolute atomic E-state index is 0.0119. The van der Waals surface area contributed by atoms with Crippen LogP contribution in [-0.2, 0) is 16.0 Å². The normalized spacial score (nSPS) is 16.2. The molecule has 0 radical (unpaired) electrons. The Labute approximate surface area is 185 Å². The van der Waals surface area contributed by atoms with Crippen LogP contribution in [0.1, 0.15) is 29.5 Å². The lowest BCUT2D eigenvalue weighted by molar-refractivity contribution is -0.118. The molecule has 1 atom stereocenters. The summed E-state index contributed by atoms with van der Waals surface area (Å²) in [6.07, 6.45) is 2.33. The first-order valence-electron chi connectivity index (χ1n) is 10.1. The highest BCUT2D eigenvalue weighted by atomic mass is 35.5. The lowest BCUT2D eigenvalue weighted by Crippen LogP contribution is -2.38. The van der Waals surface area contributed by atoms with Crippen LogP contribution in [-0.4, -0.2) is 37.3 Å². The number of benzene rings is 2. The first-order valence-corrected chi connectivity index (χ1v) is 11.3. The molecule has 4 rings (SSSR count). The van der Waals surface area contributed by atoms with Gasteiger partial charge in [0.05, 0.1) is 36.4 Å². The van der Waals surface area contributed by atoms with Crippen molar-refractivity contribution in [3.8, 4) is 5.75 Å². The maximum atomic E-state index is 13.4. The van der Waals surface area contributed by atoms with Crippen LogP contribution in [0.5, 0.6) is 5.75 Å². The zero-order valence-electron chi connectivity index (χ0n) is 17.4. The summed E-state index contributed by atoms with van der Waals surface area (Å²) < 4.78 is 12.1. The van der Waals surface area contributed by atoms with Crippen LogP contribution >= 0.6 is 22.9 Å². The van der Waals surface area contributed by atoms with Gasteiger partial charge in [-0.3, -0.25) is 9.69 Å². The quantitative estimate of drug-likeness (QED) is 0.515. The van der Waals surface area contributed by atoms with E-state index in [9.17, 15) is 4.79 Å². The molecule has 30 heavy (non-hydrogen) atoms. The van der Waals surface area contributed by atoms with Crippen molar-refractivity contribution in [3.05, 3.63) is 52.0 Å². The van der Waals surface area contributed by atoms with Crippen molar-refractivity contribution in [1.29, 1.82) is 0 Å². The van der Waals surface area contributed by atoms with Crippen LogP contribution in [0.15, 0.2) is 30.3 Å². The molecular weight excluding hydrogens is 420 g/mol. The standard InChI is InChI=1S/C23H25ClN2O3S/c1-14-9-16(6-7-19(14)28-3)11-21(27)26(13-18-5-4-8-29-18)23-25-22-15(2)10-17(24)12-20(22)30-23/h6-7,9-10,12,18H,4-5,8,11,13H2,1-3H3. The molecule has 0 N–H and O–H groups in total. The summed E-state index contributed by atoms with van der Waals surface area (Å²) in [6, 6.07) is 9.66. The number of nitrogens with zero attached hydrogens (tertiary/aromatic N) is 2. The number of ether oxygens (including phenoxy) is 2. The van der Waals surface area contributed by atoms with Crippen molar-refractivity contribution in [2.45, 2.75) is 39.2 Å². The molecule has 0 bridgehead atoms. The van der Waals surface area contributed by atoms with E-state index in [0.717, 1.165) is 52.1 Å². The number of thiazole rings is 1. The fourth-order valence-corrected chi connectivity index (χ4v) is 5.30. The van der Waals surface area contributed by atoms with Gasteiger partial charge >= 0.3 is 0 Å². The van der Waals surface area contributed by atoms with Gasteiger partial charge in [0, 0.05) is 11.6 Å². The van der Waals surface area contributed by atoms with E-state index in [0.29, 0.717) is 23.1 Å². The van der Waals surface area contributed by atoms with E-state index in [1.807, 2.05) is 44.2 Å². The second-order valence-corrected chi connectivity index (χ2v) is 9.13. The third-order valence-corrected chi connectivity index (χ3v) is 6.64. The molecule has 5 nitrogen and oxygen atoms in total. The zero-order chi connectivity index (χ0) is 21.3. The van der Waals surface area contributed by atoms with Crippen molar-refractivity contribution in [2.75, 3.05) is 25.2 Å². The summed E-state index contributed by atoms with van der Waals surface area (Å²) in [5.41, 5.74) is 3.87. The Hall–Kier alpha value is -2.15. The summed E-state index contributed by atoms with van der Waals surface area (Å²) in [7, 11) is 1.65. The summed E-state index contributed by atoms with van der Waals surface area (Å²) in [6.45, 7) is 5.24. The number of fused-ring (bicyclic) bond motifs is 1. The third-order valence-electron chi connectivity index (χ3n) is 5.40. The number of halogens is 1. The highest BCUT2D eigenvalue weighted by Crippen LogP contribution is 2.34. The van der Waals surface area contributed by atoms with Crippen molar-refractivity contribution in [1.82, 2.24) is 4.98 Å². The van der Waals surface area contributed by atoms with Gasteiger partial charge in [-0.1, -0.05) is 35.1 Å². The Balaban J connectivity index is 1.64. The molecule has 0 saturated carbocycles. The molecule has 0 spiro atoms. The Morgan fingerprint density at radius 1 is 1.30 bits per heavy atom. The van der Waals surface area contributed by atoms with Gasteiger partial charge in [0.1, 0.15) is 5.75 Å². The van der Waals surface area contributed by atoms with Crippen molar-refractivity contribution in [3.63, 3.8) is 0 Å². The van der Waals surface area contributed by atoms with Gasteiger partial charge in [0.25, 0.3) is 0 Å². The molecule has 1 aromatic heterocycles. The number of amides is 1. The van der Waals surface area contributed by atoms with Gasteiger partial charge in [-0.05, 0) is 61.6 Å². The number of hydrogen-bond acceptors (Lipinski definition) is 5. The van der Waals surface area contributed by atoms with Gasteiger partial charge in [-0.2, -0.15) is 0 Å². The second kappa shape index (κ2) is 8.92. The van der Waals surface area contributed by atoms with Gasteiger partial charge in [-0.15, -0.1) is 0 Å². The Morgan fingerprint density at radius 2 is 2.13 bits per heavy atom. The van der Waals surface area contributed by atoms with Crippen LogP contribution < -0.4 is 9.64 Å². The largest absolute Gasteiger partial charge is 0.496 e. The minimum Gasteiger partial charge on any atom is -0.496 e. The topological polar surface area (TPSA) is 51.7 Å². The Bertz CT molecular complexity index is 1080. The van der Waals surface area contributed by atoms with Crippen LogP contribution in [0.4, 0.5) is 5.13 Å². The van der Waals surface area contributed by atoms with Crippen LogP contribution in [0.3, 0.4) is 0 Å². The molecule has 3 aromatic rings. The Kier molecular flexibility index (Phi) is 6.27. The number of methoxy groups -OCH3 is 1. The fraction of sp³-hybridized carbons (Fsp3) is 0.391. The van der Waals surface area contributed by atoms with Gasteiger partial charge < -0.3 is 9.47 Å². The van der Waals surface area contributed by atoms with Gasteiger partial charge in [0.2, 0.25) is 5.91 Å². The number of anilines is 1. The monoisotopic (exact) mass is 444 g/mol. The SMILES string of the molecule is COc1ccc(CC(=O)N(CC2CCCO2)c2nc3c(C)cc(Cl)cc3s2)cc1C. The maximum absolute atomic E-state index is 13.4. The third kappa shape index (κ3) is 4.46. The maximum Gasteiger partial charge on any atom is 0.233 e. The number of hydrogen-bond donors (Lipinski definition) is 0. The molecule has 1 unspecified atom stereocenters. The lowest BCUT2D eigenvalue weighted by Gasteiger charge is -2.23. The molecule has 1 aliphatic rings. The van der Waals surface area contributed by atoms with E-state index in [-0.39, 0.29) is 12.0 Å². The average molecular weight is 445 g/mol. The predicted octanol–water partition coefficient (Wildman–Crippen LogP) is 5.33. The number of aryl methyl sites for hydroxylation is 2. The molecule has 2 heterocycles. The number of aromatic nitrogens is 1. The highest BCUT2D eigenvalue weighted by Gasteiger charge is 2.26. The number of carbonyl (C=O) groups excluding carboxylic acids is 1. The molecule has 1 amide bonds. The average Bonchev–Trinajstić information content (AvgIpc) is 3.35. The van der Waals surface area contributed by atoms with Crippen LogP contribution in [0.2, 0.25) is 5.02 Å². The van der Waals surface area contributed by atoms with E-state index in [1.165, 1.54) is 11.3 Å². The van der Waals surface area contributed by atoms with Crippen LogP contribution in [0, 0.1) is 13.8 Å². The summed E-state index contributed by atoms with van der Waals surface area (Å²) in [5, 5.41) is 1.38. The van der Waals surface area contributed by atoms with Crippen LogP contribution in [0.25, 0.3) is 10.2 Å². The number of rotatable bonds is 6. The zero-order valence-corrected chi connectivity index (χ0v) is 19.0. The van der Waals surface area contributed by atoms with Crippen molar-refractivity contribution < 1.29 is 14.3 Å². The van der Waals surface area contributed by atoms with E-state index >= 15 is 0 Å². The molecule has 1 fully saturated rings. The minimum atomic E-state index is 0.0119. The molecule has 1 aliphatic heterocycles. The van der Waals surface area contributed by atoms with Crippen molar-refractivity contribution >= 4 is 44.2 Å². The molecule has 0 aliphatic carbocycles. The predicted molar refractivity (Wildman–Crippen MR) is 122 cm³/mol. The summed E-state index contributed by atoms with van der Waals surface area (Å²) >= 11 is 7.73. The smallest absolute Gasteiger partial charge is 0.233 e. The Morgan fingerprint density at radius 3 is 2.83 bits per heavy atom. The molecule has 1 saturated heterocycles. The molecule has 7 heteroatoms. The summed E-state index contributed by atoms with van der Waals surface area (Å²) in [4.78, 5) is 20.0. The van der Waals surface area contributed by atoms with Crippen molar-refractivity contribution in [2.24, 2.45) is 0 Å². The second-order valence-electron chi connectivity index (χ2n) is 7.69. The first-order chi connectivity index (χ1) is 14.4. The van der Waals surface area contributed by atoms with E-state index < -0.39 is 0 Å². The van der Waals surface area contributed by atoms with E-state index in [1.54, 1.807) is 12.0 Å². The van der Waals surface area contributed by atoms with Gasteiger partial charge in [-0.25, -0.2) is 4.98 Å². The molecule has 2 aromatic carbocycles. The molecule has 158 valence electrons. The first kappa shape index (κ1) is 21.1. The fourth-order valence-electron chi connectivity index (χ4n) is 3.86. The summed E-state index contributed by atoms with van der Waals surface area (Å²) in [5.74, 6) is 0.832. The van der Waals surface area contributed by atoms with E-state index in [4.69, 9.17) is 26.1 Å².